The van der Waals surface area contributed by atoms with E-state index in [0.29, 0.717) is 36.0 Å². The predicted molar refractivity (Wildman–Crippen MR) is 97.5 cm³/mol. The van der Waals surface area contributed by atoms with Crippen LogP contribution in [-0.2, 0) is 11.3 Å². The summed E-state index contributed by atoms with van der Waals surface area (Å²) in [6.07, 6.45) is 2.17. The number of nitrogens with zero attached hydrogens (tertiary/aromatic N) is 2. The smallest absolute Gasteiger partial charge is 0.271 e. The Kier molecular flexibility index (Phi) is 4.53. The molecule has 26 heavy (non-hydrogen) atoms. The molecule has 132 valence electrons. The van der Waals surface area contributed by atoms with Gasteiger partial charge < -0.3 is 14.6 Å². The van der Waals surface area contributed by atoms with Crippen molar-refractivity contribution < 1.29 is 14.0 Å². The highest BCUT2D eigenvalue weighted by molar-refractivity contribution is 7.13. The molecule has 1 saturated heterocycles. The number of furan rings is 1. The molecular formula is C19H17N3O3S. The Morgan fingerprint density at radius 1 is 1.27 bits per heavy atom. The Labute approximate surface area is 154 Å². The summed E-state index contributed by atoms with van der Waals surface area (Å²) in [6.45, 7) is 1.19. The summed E-state index contributed by atoms with van der Waals surface area (Å²) >= 11 is 1.34. The summed E-state index contributed by atoms with van der Waals surface area (Å²) in [6, 6.07) is 12.9. The van der Waals surface area contributed by atoms with Crippen molar-refractivity contribution in [3.8, 4) is 10.8 Å². The maximum atomic E-state index is 12.5. The minimum atomic E-state index is -0.500. The first-order chi connectivity index (χ1) is 12.7. The molecule has 1 fully saturated rings. The molecule has 2 aromatic heterocycles. The van der Waals surface area contributed by atoms with Crippen LogP contribution in [0.4, 0.5) is 0 Å². The van der Waals surface area contributed by atoms with Crippen molar-refractivity contribution in [1.82, 2.24) is 15.2 Å². The number of carbonyl (C=O) groups is 2. The molecule has 0 bridgehead atoms. The molecule has 2 amide bonds. The van der Waals surface area contributed by atoms with E-state index in [0.717, 1.165) is 5.56 Å². The molecule has 0 unspecified atom stereocenters. The summed E-state index contributed by atoms with van der Waals surface area (Å²) in [4.78, 5) is 31.0. The van der Waals surface area contributed by atoms with Gasteiger partial charge >= 0.3 is 0 Å². The molecular weight excluding hydrogens is 350 g/mol. The maximum Gasteiger partial charge on any atom is 0.271 e. The van der Waals surface area contributed by atoms with Gasteiger partial charge in [0.1, 0.15) is 11.7 Å². The number of hydrogen-bond acceptors (Lipinski definition) is 5. The molecule has 1 aromatic carbocycles. The number of likely N-dealkylation sites (tertiary alicyclic amines) is 1. The molecule has 0 aliphatic carbocycles. The zero-order valence-corrected chi connectivity index (χ0v) is 14.7. The Hall–Kier alpha value is -2.93. The van der Waals surface area contributed by atoms with Crippen LogP contribution in [0.15, 0.2) is 58.5 Å². The molecule has 1 N–H and O–H groups in total. The monoisotopic (exact) mass is 367 g/mol. The van der Waals surface area contributed by atoms with E-state index in [1.165, 1.54) is 11.3 Å². The average Bonchev–Trinajstić information content (AvgIpc) is 3.40. The van der Waals surface area contributed by atoms with Crippen LogP contribution in [0.5, 0.6) is 0 Å². The van der Waals surface area contributed by atoms with Gasteiger partial charge in [0, 0.05) is 18.5 Å². The Bertz CT molecular complexity index is 905. The number of aromatic nitrogens is 1. The van der Waals surface area contributed by atoms with Gasteiger partial charge in [0.15, 0.2) is 10.8 Å². The van der Waals surface area contributed by atoms with Crippen LogP contribution in [0, 0.1) is 0 Å². The molecule has 3 heterocycles. The first kappa shape index (κ1) is 16.5. The van der Waals surface area contributed by atoms with Gasteiger partial charge in [-0.1, -0.05) is 30.3 Å². The van der Waals surface area contributed by atoms with E-state index in [4.69, 9.17) is 4.42 Å². The zero-order valence-electron chi connectivity index (χ0n) is 13.9. The van der Waals surface area contributed by atoms with Crippen molar-refractivity contribution in [2.45, 2.75) is 19.0 Å². The van der Waals surface area contributed by atoms with Gasteiger partial charge in [0.05, 0.1) is 6.26 Å². The molecule has 4 rings (SSSR count). The van der Waals surface area contributed by atoms with Crippen LogP contribution in [-0.4, -0.2) is 34.3 Å². The molecule has 0 radical (unpaired) electrons. The second-order valence-corrected chi connectivity index (χ2v) is 6.93. The molecule has 6 nitrogen and oxygen atoms in total. The Morgan fingerprint density at radius 2 is 2.12 bits per heavy atom. The molecule has 3 aromatic rings. The van der Waals surface area contributed by atoms with E-state index >= 15 is 0 Å². The van der Waals surface area contributed by atoms with Gasteiger partial charge in [-0.05, 0) is 24.1 Å². The van der Waals surface area contributed by atoms with Gasteiger partial charge in [-0.15, -0.1) is 11.3 Å². The number of amides is 2. The summed E-state index contributed by atoms with van der Waals surface area (Å²) in [5.74, 6) is 0.239. The lowest BCUT2D eigenvalue weighted by Crippen LogP contribution is -2.41. The minimum absolute atomic E-state index is 0.0521. The van der Waals surface area contributed by atoms with Crippen LogP contribution in [0.3, 0.4) is 0 Å². The number of carbonyl (C=O) groups excluding carboxylic acids is 2. The first-order valence-electron chi connectivity index (χ1n) is 8.34. The second kappa shape index (κ2) is 7.13. The van der Waals surface area contributed by atoms with Crippen molar-refractivity contribution >= 4 is 23.2 Å². The van der Waals surface area contributed by atoms with Gasteiger partial charge in [0.25, 0.3) is 5.91 Å². The summed E-state index contributed by atoms with van der Waals surface area (Å²) in [7, 11) is 0. The molecule has 1 aliphatic heterocycles. The van der Waals surface area contributed by atoms with Crippen molar-refractivity contribution in [3.63, 3.8) is 0 Å². The molecule has 1 aliphatic rings. The van der Waals surface area contributed by atoms with Crippen LogP contribution in [0.1, 0.15) is 22.5 Å². The van der Waals surface area contributed by atoms with Crippen molar-refractivity contribution in [1.29, 1.82) is 0 Å². The lowest BCUT2D eigenvalue weighted by atomic mass is 10.2. The fraction of sp³-hybridized carbons (Fsp3) is 0.211. The van der Waals surface area contributed by atoms with Gasteiger partial charge in [-0.2, -0.15) is 0 Å². The Balaban J connectivity index is 1.38. The topological polar surface area (TPSA) is 75.4 Å². The number of benzene rings is 1. The average molecular weight is 367 g/mol. The van der Waals surface area contributed by atoms with Gasteiger partial charge in [-0.25, -0.2) is 4.98 Å². The SMILES string of the molecule is O=C(N[C@H]1CCN(Cc2ccccc2)C1=O)c1csc(-c2ccco2)n1. The number of rotatable bonds is 5. The van der Waals surface area contributed by atoms with Crippen LogP contribution in [0.2, 0.25) is 0 Å². The standard InChI is InChI=1S/C19H17N3O3S/c23-17(15-12-26-18(21-15)16-7-4-10-25-16)20-14-8-9-22(19(14)24)11-13-5-2-1-3-6-13/h1-7,10,12,14H,8-9,11H2,(H,20,23)/t14-/m0/s1. The fourth-order valence-electron chi connectivity index (χ4n) is 2.96. The highest BCUT2D eigenvalue weighted by Crippen LogP contribution is 2.24. The normalized spacial score (nSPS) is 16.8. The second-order valence-electron chi connectivity index (χ2n) is 6.08. The minimum Gasteiger partial charge on any atom is -0.462 e. The van der Waals surface area contributed by atoms with Crippen molar-refractivity contribution in [2.75, 3.05) is 6.54 Å². The van der Waals surface area contributed by atoms with E-state index in [9.17, 15) is 9.59 Å². The van der Waals surface area contributed by atoms with E-state index < -0.39 is 6.04 Å². The molecule has 0 saturated carbocycles. The summed E-state index contributed by atoms with van der Waals surface area (Å²) in [5, 5.41) is 5.12. The highest BCUT2D eigenvalue weighted by Gasteiger charge is 2.33. The summed E-state index contributed by atoms with van der Waals surface area (Å²) < 4.78 is 5.29. The zero-order chi connectivity index (χ0) is 17.9. The van der Waals surface area contributed by atoms with E-state index in [2.05, 4.69) is 10.3 Å². The number of thiazole rings is 1. The third kappa shape index (κ3) is 3.39. The van der Waals surface area contributed by atoms with Crippen molar-refractivity contribution in [3.05, 3.63) is 65.4 Å². The maximum absolute atomic E-state index is 12.5. The third-order valence-electron chi connectivity index (χ3n) is 4.29. The van der Waals surface area contributed by atoms with Crippen LogP contribution >= 0.6 is 11.3 Å². The Morgan fingerprint density at radius 3 is 2.88 bits per heavy atom. The first-order valence-corrected chi connectivity index (χ1v) is 9.21. The third-order valence-corrected chi connectivity index (χ3v) is 5.14. The van der Waals surface area contributed by atoms with E-state index in [-0.39, 0.29) is 11.8 Å². The van der Waals surface area contributed by atoms with Gasteiger partial charge in [0.2, 0.25) is 5.91 Å². The van der Waals surface area contributed by atoms with Crippen LogP contribution in [0.25, 0.3) is 10.8 Å². The predicted octanol–water partition coefficient (Wildman–Crippen LogP) is 2.93. The molecule has 1 atom stereocenters. The fourth-order valence-corrected chi connectivity index (χ4v) is 3.72. The largest absolute Gasteiger partial charge is 0.462 e. The molecule has 7 heteroatoms. The van der Waals surface area contributed by atoms with E-state index in [1.807, 2.05) is 30.3 Å². The van der Waals surface area contributed by atoms with Gasteiger partial charge in [-0.3, -0.25) is 9.59 Å². The number of hydrogen-bond donors (Lipinski definition) is 1. The number of nitrogens with one attached hydrogen (secondary N) is 1. The lowest BCUT2D eigenvalue weighted by Gasteiger charge is -2.17. The summed E-state index contributed by atoms with van der Waals surface area (Å²) in [5.41, 5.74) is 1.38. The van der Waals surface area contributed by atoms with Crippen LogP contribution < -0.4 is 5.32 Å². The van der Waals surface area contributed by atoms with E-state index in [1.54, 1.807) is 28.7 Å². The lowest BCUT2D eigenvalue weighted by molar-refractivity contribution is -0.129. The highest BCUT2D eigenvalue weighted by atomic mass is 32.1. The molecule has 0 spiro atoms. The quantitative estimate of drug-likeness (QED) is 0.752. The van der Waals surface area contributed by atoms with Crippen molar-refractivity contribution in [2.24, 2.45) is 0 Å².